The minimum Gasteiger partial charge on any atom is -0.497 e. The lowest BCUT2D eigenvalue weighted by atomic mass is 10.3. The summed E-state index contributed by atoms with van der Waals surface area (Å²) in [5.41, 5.74) is 0.154. The van der Waals surface area contributed by atoms with Crippen molar-refractivity contribution < 1.29 is 23.1 Å². The Kier molecular flexibility index (Phi) is 4.80. The molecule has 8 heteroatoms. The van der Waals surface area contributed by atoms with Crippen LogP contribution in [0.25, 0.3) is 0 Å². The van der Waals surface area contributed by atoms with Gasteiger partial charge in [0.05, 0.1) is 30.0 Å². The molecule has 0 aromatic heterocycles. The smallest absolute Gasteiger partial charge is 0.304 e. The number of anilines is 1. The lowest BCUT2D eigenvalue weighted by Crippen LogP contribution is -2.19. The van der Waals surface area contributed by atoms with Gasteiger partial charge in [0.15, 0.2) is 0 Å². The molecule has 0 aliphatic carbocycles. The third kappa shape index (κ3) is 4.42. The summed E-state index contributed by atoms with van der Waals surface area (Å²) < 4.78 is 30.3. The Hall–Kier alpha value is -1.47. The second-order valence-corrected chi connectivity index (χ2v) is 5.66. The van der Waals surface area contributed by atoms with Crippen LogP contribution in [0.15, 0.2) is 18.2 Å². The van der Waals surface area contributed by atoms with E-state index >= 15 is 0 Å². The highest BCUT2D eigenvalue weighted by Crippen LogP contribution is 2.27. The molecule has 0 aliphatic heterocycles. The van der Waals surface area contributed by atoms with Crippen molar-refractivity contribution in [1.29, 1.82) is 0 Å². The largest absolute Gasteiger partial charge is 0.497 e. The van der Waals surface area contributed by atoms with E-state index in [9.17, 15) is 13.2 Å². The number of carboxylic acid groups (broad SMARTS) is 1. The third-order valence-electron chi connectivity index (χ3n) is 2.02. The minimum atomic E-state index is -3.75. The van der Waals surface area contributed by atoms with Crippen LogP contribution in [0.3, 0.4) is 0 Å². The molecule has 0 bridgehead atoms. The molecule has 6 nitrogen and oxygen atoms in total. The lowest BCUT2D eigenvalue weighted by Gasteiger charge is -2.10. The van der Waals surface area contributed by atoms with Gasteiger partial charge in [-0.25, -0.2) is 8.42 Å². The quantitative estimate of drug-likeness (QED) is 0.830. The first kappa shape index (κ1) is 14.6. The number of methoxy groups -OCH3 is 1. The normalized spacial score (nSPS) is 11.0. The first-order valence-corrected chi connectivity index (χ1v) is 6.93. The Morgan fingerprint density at radius 2 is 2.17 bits per heavy atom. The molecule has 0 spiro atoms. The maximum absolute atomic E-state index is 11.6. The minimum absolute atomic E-state index is 0.154. The molecule has 1 aromatic carbocycles. The Balaban J connectivity index is 2.86. The zero-order valence-electron chi connectivity index (χ0n) is 9.51. The van der Waals surface area contributed by atoms with Gasteiger partial charge >= 0.3 is 5.97 Å². The summed E-state index contributed by atoms with van der Waals surface area (Å²) in [5.74, 6) is -1.26. The SMILES string of the molecule is COc1ccc(Cl)c(NS(=O)(=O)CCC(=O)O)c1. The van der Waals surface area contributed by atoms with Gasteiger partial charge in [-0.2, -0.15) is 0 Å². The Morgan fingerprint density at radius 3 is 2.72 bits per heavy atom. The van der Waals surface area contributed by atoms with Gasteiger partial charge in [-0.05, 0) is 12.1 Å². The fourth-order valence-corrected chi connectivity index (χ4v) is 2.42. The van der Waals surface area contributed by atoms with E-state index in [1.54, 1.807) is 6.07 Å². The fourth-order valence-electron chi connectivity index (χ4n) is 1.15. The molecule has 18 heavy (non-hydrogen) atoms. The topological polar surface area (TPSA) is 92.7 Å². The van der Waals surface area contributed by atoms with Crippen molar-refractivity contribution in [3.05, 3.63) is 23.2 Å². The van der Waals surface area contributed by atoms with Crippen molar-refractivity contribution in [3.8, 4) is 5.75 Å². The maximum Gasteiger partial charge on any atom is 0.304 e. The summed E-state index contributed by atoms with van der Waals surface area (Å²) in [6, 6.07) is 4.48. The summed E-state index contributed by atoms with van der Waals surface area (Å²) >= 11 is 5.82. The predicted molar refractivity (Wildman–Crippen MR) is 67.7 cm³/mol. The van der Waals surface area contributed by atoms with Crippen LogP contribution in [-0.4, -0.2) is 32.4 Å². The van der Waals surface area contributed by atoms with E-state index in [4.69, 9.17) is 21.4 Å². The van der Waals surface area contributed by atoms with Crippen molar-refractivity contribution in [1.82, 2.24) is 0 Å². The van der Waals surface area contributed by atoms with E-state index in [1.807, 2.05) is 0 Å². The number of hydrogen-bond donors (Lipinski definition) is 2. The number of sulfonamides is 1. The summed E-state index contributed by atoms with van der Waals surface area (Å²) in [7, 11) is -2.31. The van der Waals surface area contributed by atoms with Crippen LogP contribution in [0.2, 0.25) is 5.02 Å². The Bertz CT molecular complexity index is 543. The van der Waals surface area contributed by atoms with Gasteiger partial charge in [-0.1, -0.05) is 11.6 Å². The van der Waals surface area contributed by atoms with Gasteiger partial charge in [0, 0.05) is 6.07 Å². The average molecular weight is 294 g/mol. The standard InChI is InChI=1S/C10H12ClNO5S/c1-17-7-2-3-8(11)9(6-7)12-18(15,16)5-4-10(13)14/h2-3,6,12H,4-5H2,1H3,(H,13,14). The van der Waals surface area contributed by atoms with Gasteiger partial charge in [0.25, 0.3) is 0 Å². The Morgan fingerprint density at radius 1 is 1.50 bits per heavy atom. The predicted octanol–water partition coefficient (Wildman–Crippen LogP) is 1.57. The summed E-state index contributed by atoms with van der Waals surface area (Å²) in [6.45, 7) is 0. The monoisotopic (exact) mass is 293 g/mol. The highest BCUT2D eigenvalue weighted by molar-refractivity contribution is 7.92. The van der Waals surface area contributed by atoms with Crippen LogP contribution in [0.4, 0.5) is 5.69 Å². The summed E-state index contributed by atoms with van der Waals surface area (Å²) in [4.78, 5) is 10.3. The molecule has 0 unspecified atom stereocenters. The molecular formula is C10H12ClNO5S. The molecule has 0 aliphatic rings. The highest BCUT2D eigenvalue weighted by Gasteiger charge is 2.15. The maximum atomic E-state index is 11.6. The van der Waals surface area contributed by atoms with Crippen LogP contribution in [0.1, 0.15) is 6.42 Å². The van der Waals surface area contributed by atoms with Gasteiger partial charge in [0.1, 0.15) is 5.75 Å². The van der Waals surface area contributed by atoms with Crippen molar-refractivity contribution in [3.63, 3.8) is 0 Å². The van der Waals surface area contributed by atoms with Crippen molar-refractivity contribution >= 4 is 33.3 Å². The number of benzene rings is 1. The fraction of sp³-hybridized carbons (Fsp3) is 0.300. The van der Waals surface area contributed by atoms with Gasteiger partial charge in [0.2, 0.25) is 10.0 Å². The first-order valence-electron chi connectivity index (χ1n) is 4.90. The van der Waals surface area contributed by atoms with Crippen molar-refractivity contribution in [2.24, 2.45) is 0 Å². The molecule has 0 saturated carbocycles. The second kappa shape index (κ2) is 5.92. The number of nitrogens with one attached hydrogen (secondary N) is 1. The molecule has 0 heterocycles. The number of carboxylic acids is 1. The third-order valence-corrected chi connectivity index (χ3v) is 3.63. The average Bonchev–Trinajstić information content (AvgIpc) is 2.29. The zero-order valence-corrected chi connectivity index (χ0v) is 11.1. The first-order chi connectivity index (χ1) is 8.34. The number of halogens is 1. The van der Waals surface area contributed by atoms with E-state index in [1.165, 1.54) is 19.2 Å². The van der Waals surface area contributed by atoms with E-state index in [-0.39, 0.29) is 10.7 Å². The number of ether oxygens (including phenoxy) is 1. The molecule has 0 amide bonds. The highest BCUT2D eigenvalue weighted by atomic mass is 35.5. The molecule has 0 radical (unpaired) electrons. The number of rotatable bonds is 6. The van der Waals surface area contributed by atoms with Crippen molar-refractivity contribution in [2.75, 3.05) is 17.6 Å². The van der Waals surface area contributed by atoms with Crippen LogP contribution < -0.4 is 9.46 Å². The molecule has 2 N–H and O–H groups in total. The Labute approximate surface area is 110 Å². The number of hydrogen-bond acceptors (Lipinski definition) is 4. The van der Waals surface area contributed by atoms with Crippen LogP contribution in [0.5, 0.6) is 5.75 Å². The molecule has 0 fully saturated rings. The van der Waals surface area contributed by atoms with Gasteiger partial charge in [-0.3, -0.25) is 9.52 Å². The summed E-state index contributed by atoms with van der Waals surface area (Å²) in [6.07, 6.45) is -0.475. The van der Waals surface area contributed by atoms with Crippen LogP contribution >= 0.6 is 11.6 Å². The molecule has 0 saturated heterocycles. The number of carbonyl (C=O) groups is 1. The molecule has 100 valence electrons. The molecular weight excluding hydrogens is 282 g/mol. The van der Waals surface area contributed by atoms with Gasteiger partial charge in [-0.15, -0.1) is 0 Å². The number of aliphatic carboxylic acids is 1. The van der Waals surface area contributed by atoms with Gasteiger partial charge < -0.3 is 9.84 Å². The summed E-state index contributed by atoms with van der Waals surface area (Å²) in [5, 5.41) is 8.64. The van der Waals surface area contributed by atoms with E-state index < -0.39 is 28.2 Å². The molecule has 1 aromatic rings. The van der Waals surface area contributed by atoms with E-state index in [0.29, 0.717) is 5.75 Å². The van der Waals surface area contributed by atoms with E-state index in [0.717, 1.165) is 0 Å². The molecule has 0 atom stereocenters. The lowest BCUT2D eigenvalue weighted by molar-refractivity contribution is -0.136. The van der Waals surface area contributed by atoms with Crippen LogP contribution in [-0.2, 0) is 14.8 Å². The second-order valence-electron chi connectivity index (χ2n) is 3.41. The molecule has 1 rings (SSSR count). The zero-order chi connectivity index (χ0) is 13.8. The van der Waals surface area contributed by atoms with E-state index in [2.05, 4.69) is 4.72 Å². The van der Waals surface area contributed by atoms with Crippen LogP contribution in [0, 0.1) is 0 Å². The van der Waals surface area contributed by atoms with Crippen molar-refractivity contribution in [2.45, 2.75) is 6.42 Å².